The minimum absolute atomic E-state index is 0.348. The van der Waals surface area contributed by atoms with Crippen LogP contribution in [0.4, 0.5) is 13.2 Å². The summed E-state index contributed by atoms with van der Waals surface area (Å²) in [4.78, 5) is 7.61. The molecule has 2 heterocycles. The van der Waals surface area contributed by atoms with Gasteiger partial charge in [0.05, 0.1) is 12.0 Å². The number of halogens is 3. The Morgan fingerprint density at radius 2 is 1.92 bits per heavy atom. The summed E-state index contributed by atoms with van der Waals surface area (Å²) in [6, 6.07) is 3.61. The first-order chi connectivity index (χ1) is 11.1. The maximum atomic E-state index is 12.8. The van der Waals surface area contributed by atoms with E-state index in [4.69, 9.17) is 4.74 Å². The number of aromatic nitrogens is 3. The number of imidazole rings is 1. The van der Waals surface area contributed by atoms with Crippen LogP contribution < -0.4 is 0 Å². The molecule has 0 saturated heterocycles. The van der Waals surface area contributed by atoms with Crippen LogP contribution in [0, 0.1) is 6.92 Å². The van der Waals surface area contributed by atoms with Gasteiger partial charge >= 0.3 is 6.18 Å². The van der Waals surface area contributed by atoms with Gasteiger partial charge in [-0.1, -0.05) is 19.6 Å². The van der Waals surface area contributed by atoms with E-state index in [0.717, 1.165) is 24.0 Å². The SMILES string of the molecule is Cc1c(-c2ccnc(C(F)(F)F)c2)ncn1COCC[Si](C)(C)C. The smallest absolute Gasteiger partial charge is 0.361 e. The third kappa shape index (κ3) is 4.91. The van der Waals surface area contributed by atoms with Crippen molar-refractivity contribution in [2.45, 2.75) is 45.5 Å². The van der Waals surface area contributed by atoms with Crippen molar-refractivity contribution >= 4 is 8.07 Å². The average molecular weight is 357 g/mol. The van der Waals surface area contributed by atoms with Gasteiger partial charge in [0.1, 0.15) is 12.4 Å². The number of alkyl halides is 3. The van der Waals surface area contributed by atoms with Gasteiger partial charge in [-0.3, -0.25) is 4.98 Å². The fourth-order valence-electron chi connectivity index (χ4n) is 2.13. The summed E-state index contributed by atoms with van der Waals surface area (Å²) in [5, 5.41) is 0. The van der Waals surface area contributed by atoms with Crippen LogP contribution in [-0.4, -0.2) is 29.2 Å². The van der Waals surface area contributed by atoms with Gasteiger partial charge in [-0.2, -0.15) is 13.2 Å². The maximum Gasteiger partial charge on any atom is 0.433 e. The van der Waals surface area contributed by atoms with Crippen LogP contribution in [0.15, 0.2) is 24.7 Å². The highest BCUT2D eigenvalue weighted by Gasteiger charge is 2.32. The highest BCUT2D eigenvalue weighted by molar-refractivity contribution is 6.76. The van der Waals surface area contributed by atoms with Crippen LogP contribution in [0.25, 0.3) is 11.3 Å². The summed E-state index contributed by atoms with van der Waals surface area (Å²) in [6.07, 6.45) is -1.72. The number of nitrogens with zero attached hydrogens (tertiary/aromatic N) is 3. The van der Waals surface area contributed by atoms with E-state index in [1.165, 1.54) is 6.07 Å². The van der Waals surface area contributed by atoms with Crippen LogP contribution in [0.1, 0.15) is 11.4 Å². The van der Waals surface area contributed by atoms with E-state index < -0.39 is 19.9 Å². The van der Waals surface area contributed by atoms with E-state index >= 15 is 0 Å². The van der Waals surface area contributed by atoms with E-state index in [2.05, 4.69) is 29.6 Å². The molecule has 0 aliphatic heterocycles. The predicted molar refractivity (Wildman–Crippen MR) is 89.3 cm³/mol. The molecule has 2 rings (SSSR count). The number of pyridine rings is 1. The second-order valence-corrected chi connectivity index (χ2v) is 12.5. The number of ether oxygens (including phenoxy) is 1. The Bertz CT molecular complexity index is 693. The summed E-state index contributed by atoms with van der Waals surface area (Å²) < 4.78 is 45.8. The molecule has 0 aromatic carbocycles. The van der Waals surface area contributed by atoms with Crippen LogP contribution in [-0.2, 0) is 17.6 Å². The van der Waals surface area contributed by atoms with Gasteiger partial charge in [-0.15, -0.1) is 0 Å². The van der Waals surface area contributed by atoms with Crippen LogP contribution in [0.5, 0.6) is 0 Å². The lowest BCUT2D eigenvalue weighted by molar-refractivity contribution is -0.141. The molecule has 2 aromatic rings. The normalized spacial score (nSPS) is 12.6. The zero-order chi connectivity index (χ0) is 18.0. The van der Waals surface area contributed by atoms with E-state index in [-0.39, 0.29) is 0 Å². The molecule has 0 saturated carbocycles. The van der Waals surface area contributed by atoms with Crippen molar-refractivity contribution < 1.29 is 17.9 Å². The van der Waals surface area contributed by atoms with Crippen LogP contribution >= 0.6 is 0 Å². The van der Waals surface area contributed by atoms with Gasteiger partial charge < -0.3 is 9.30 Å². The van der Waals surface area contributed by atoms with Gasteiger partial charge in [0.2, 0.25) is 0 Å². The molecule has 2 aromatic heterocycles. The lowest BCUT2D eigenvalue weighted by Crippen LogP contribution is -2.22. The number of rotatable bonds is 6. The average Bonchev–Trinajstić information content (AvgIpc) is 2.83. The number of hydrogen-bond acceptors (Lipinski definition) is 3. The lowest BCUT2D eigenvalue weighted by Gasteiger charge is -2.15. The highest BCUT2D eigenvalue weighted by atomic mass is 28.3. The standard InChI is InChI=1S/C16H22F3N3OSi/c1-12-15(13-5-6-20-14(9-13)16(17,18)19)21-10-22(12)11-23-7-8-24(2,3)4/h5-6,9-10H,7-8,11H2,1-4H3. The van der Waals surface area contributed by atoms with Crippen LogP contribution in [0.2, 0.25) is 25.7 Å². The quantitative estimate of drug-likeness (QED) is 0.561. The predicted octanol–water partition coefficient (Wildman–Crippen LogP) is 4.58. The third-order valence-corrected chi connectivity index (χ3v) is 5.35. The Morgan fingerprint density at radius 3 is 2.54 bits per heavy atom. The van der Waals surface area contributed by atoms with E-state index in [1.807, 2.05) is 6.92 Å². The summed E-state index contributed by atoms with van der Waals surface area (Å²) in [6.45, 7) is 9.67. The van der Waals surface area contributed by atoms with Gasteiger partial charge in [0.15, 0.2) is 0 Å². The second kappa shape index (κ2) is 7.06. The summed E-state index contributed by atoms with van der Waals surface area (Å²) in [5.41, 5.74) is 0.759. The molecular formula is C16H22F3N3OSi. The molecule has 0 radical (unpaired) electrons. The molecule has 0 amide bonds. The van der Waals surface area contributed by atoms with Gasteiger partial charge in [-0.05, 0) is 25.1 Å². The Hall–Kier alpha value is -1.67. The molecule has 4 nitrogen and oxygen atoms in total. The Kier molecular flexibility index (Phi) is 5.49. The minimum atomic E-state index is -4.47. The van der Waals surface area contributed by atoms with Gasteiger partial charge in [-0.25, -0.2) is 4.98 Å². The lowest BCUT2D eigenvalue weighted by atomic mass is 10.1. The Balaban J connectivity index is 2.10. The molecule has 0 aliphatic rings. The minimum Gasteiger partial charge on any atom is -0.361 e. The first kappa shape index (κ1) is 18.7. The van der Waals surface area contributed by atoms with Crippen molar-refractivity contribution in [2.24, 2.45) is 0 Å². The zero-order valence-corrected chi connectivity index (χ0v) is 15.3. The van der Waals surface area contributed by atoms with Gasteiger partial charge in [0, 0.05) is 32.1 Å². The van der Waals surface area contributed by atoms with E-state index in [0.29, 0.717) is 24.6 Å². The molecular weight excluding hydrogens is 335 g/mol. The molecule has 0 atom stereocenters. The monoisotopic (exact) mass is 357 g/mol. The second-order valence-electron chi connectivity index (χ2n) is 6.92. The van der Waals surface area contributed by atoms with Crippen molar-refractivity contribution in [1.82, 2.24) is 14.5 Å². The molecule has 0 unspecified atom stereocenters. The van der Waals surface area contributed by atoms with Gasteiger partial charge in [0.25, 0.3) is 0 Å². The highest BCUT2D eigenvalue weighted by Crippen LogP contribution is 2.30. The van der Waals surface area contributed by atoms with Crippen molar-refractivity contribution in [3.8, 4) is 11.3 Å². The number of hydrogen-bond donors (Lipinski definition) is 0. The zero-order valence-electron chi connectivity index (χ0n) is 14.3. The molecule has 0 spiro atoms. The van der Waals surface area contributed by atoms with Crippen molar-refractivity contribution in [3.63, 3.8) is 0 Å². The van der Waals surface area contributed by atoms with Crippen molar-refractivity contribution in [1.29, 1.82) is 0 Å². The molecule has 24 heavy (non-hydrogen) atoms. The summed E-state index contributed by atoms with van der Waals surface area (Å²) in [7, 11) is -1.14. The maximum absolute atomic E-state index is 12.8. The van der Waals surface area contributed by atoms with Crippen LogP contribution in [0.3, 0.4) is 0 Å². The summed E-state index contributed by atoms with van der Waals surface area (Å²) in [5.74, 6) is 0. The fourth-order valence-corrected chi connectivity index (χ4v) is 2.89. The molecule has 8 heteroatoms. The largest absolute Gasteiger partial charge is 0.433 e. The van der Waals surface area contributed by atoms with Crippen molar-refractivity contribution in [3.05, 3.63) is 36.0 Å². The topological polar surface area (TPSA) is 39.9 Å². The Labute approximate surface area is 140 Å². The fraction of sp³-hybridized carbons (Fsp3) is 0.500. The summed E-state index contributed by atoms with van der Waals surface area (Å²) >= 11 is 0. The third-order valence-electron chi connectivity index (χ3n) is 3.65. The van der Waals surface area contributed by atoms with E-state index in [1.54, 1.807) is 10.9 Å². The Morgan fingerprint density at radius 1 is 1.21 bits per heavy atom. The molecule has 0 N–H and O–H groups in total. The molecule has 132 valence electrons. The van der Waals surface area contributed by atoms with Crippen molar-refractivity contribution in [2.75, 3.05) is 6.61 Å². The first-order valence-corrected chi connectivity index (χ1v) is 11.4. The first-order valence-electron chi connectivity index (χ1n) is 7.71. The molecule has 0 bridgehead atoms. The van der Waals surface area contributed by atoms with E-state index in [9.17, 15) is 13.2 Å². The molecule has 0 fully saturated rings. The molecule has 0 aliphatic carbocycles.